The minimum absolute atomic E-state index is 0.116. The number of ether oxygens (including phenoxy) is 3. The van der Waals surface area contributed by atoms with Gasteiger partial charge in [0.15, 0.2) is 17.3 Å². The predicted molar refractivity (Wildman–Crippen MR) is 136 cm³/mol. The van der Waals surface area contributed by atoms with Crippen molar-refractivity contribution in [2.75, 3.05) is 13.7 Å². The van der Waals surface area contributed by atoms with Crippen molar-refractivity contribution in [1.29, 1.82) is 0 Å². The summed E-state index contributed by atoms with van der Waals surface area (Å²) in [7, 11) is 1.60. The molecule has 6 heteroatoms. The van der Waals surface area contributed by atoms with Gasteiger partial charge < -0.3 is 19.3 Å². The number of methoxy groups -OCH3 is 1. The van der Waals surface area contributed by atoms with Crippen LogP contribution in [0.1, 0.15) is 58.1 Å². The first kappa shape index (κ1) is 28.1. The third-order valence-electron chi connectivity index (χ3n) is 5.70. The molecule has 0 aromatic heterocycles. The van der Waals surface area contributed by atoms with Crippen LogP contribution in [-0.4, -0.2) is 30.2 Å². The van der Waals surface area contributed by atoms with Gasteiger partial charge in [-0.25, -0.2) is 4.39 Å². The number of allylic oxidation sites excluding steroid dienone is 3. The molecule has 0 saturated carbocycles. The normalized spacial score (nSPS) is 14.0. The van der Waals surface area contributed by atoms with E-state index in [0.29, 0.717) is 30.3 Å². The van der Waals surface area contributed by atoms with Gasteiger partial charge in [-0.05, 0) is 74.1 Å². The van der Waals surface area contributed by atoms with Crippen molar-refractivity contribution in [1.82, 2.24) is 0 Å². The van der Waals surface area contributed by atoms with E-state index in [1.54, 1.807) is 39.2 Å². The zero-order chi connectivity index (χ0) is 26.0. The van der Waals surface area contributed by atoms with E-state index in [0.717, 1.165) is 11.1 Å². The van der Waals surface area contributed by atoms with E-state index in [1.165, 1.54) is 25.1 Å². The van der Waals surface area contributed by atoms with Crippen LogP contribution in [0.5, 0.6) is 11.5 Å². The number of carbonyl (C=O) groups is 1. The molecular formula is C29H37FO5. The second-order valence-corrected chi connectivity index (χ2v) is 9.40. The van der Waals surface area contributed by atoms with Gasteiger partial charge in [0.1, 0.15) is 18.2 Å². The van der Waals surface area contributed by atoms with Gasteiger partial charge in [0.25, 0.3) is 0 Å². The first-order chi connectivity index (χ1) is 16.5. The first-order valence-corrected chi connectivity index (χ1v) is 11.8. The zero-order valence-electron chi connectivity index (χ0n) is 21.5. The van der Waals surface area contributed by atoms with Crippen LogP contribution < -0.4 is 9.47 Å². The van der Waals surface area contributed by atoms with Crippen molar-refractivity contribution in [3.05, 3.63) is 83.4 Å². The number of carbonyl (C=O) groups excluding carboxylic acids is 1. The summed E-state index contributed by atoms with van der Waals surface area (Å²) >= 11 is 0. The van der Waals surface area contributed by atoms with E-state index < -0.39 is 5.60 Å². The largest absolute Gasteiger partial charge is 0.493 e. The highest BCUT2D eigenvalue weighted by Crippen LogP contribution is 2.34. The Bertz CT molecular complexity index is 1020. The lowest BCUT2D eigenvalue weighted by Crippen LogP contribution is -2.21. The fraction of sp³-hybridized carbons (Fsp3) is 0.414. The van der Waals surface area contributed by atoms with E-state index in [2.05, 4.69) is 13.8 Å². The molecule has 35 heavy (non-hydrogen) atoms. The third-order valence-corrected chi connectivity index (χ3v) is 5.70. The summed E-state index contributed by atoms with van der Waals surface area (Å²) in [6, 6.07) is 11.9. The minimum Gasteiger partial charge on any atom is -0.493 e. The second kappa shape index (κ2) is 13.1. The summed E-state index contributed by atoms with van der Waals surface area (Å²) in [5, 5.41) is 9.88. The maximum absolute atomic E-state index is 13.1. The van der Waals surface area contributed by atoms with Gasteiger partial charge in [-0.3, -0.25) is 4.79 Å². The Labute approximate surface area is 208 Å². The Balaban J connectivity index is 2.07. The molecule has 0 aliphatic rings. The number of benzene rings is 2. The number of ketones is 1. The average Bonchev–Trinajstić information content (AvgIpc) is 2.80. The molecule has 2 aromatic rings. The minimum atomic E-state index is -0.790. The maximum Gasteiger partial charge on any atom is 0.161 e. The van der Waals surface area contributed by atoms with E-state index in [-0.39, 0.29) is 30.0 Å². The summed E-state index contributed by atoms with van der Waals surface area (Å²) in [4.78, 5) is 11.7. The molecular weight excluding hydrogens is 447 g/mol. The number of halogens is 1. The van der Waals surface area contributed by atoms with E-state index >= 15 is 0 Å². The van der Waals surface area contributed by atoms with E-state index in [9.17, 15) is 14.3 Å². The molecule has 2 atom stereocenters. The number of hydrogen-bond donors (Lipinski definition) is 1. The van der Waals surface area contributed by atoms with Crippen LogP contribution in [0.4, 0.5) is 4.39 Å². The van der Waals surface area contributed by atoms with Crippen molar-refractivity contribution >= 4 is 5.78 Å². The van der Waals surface area contributed by atoms with Crippen LogP contribution in [0.3, 0.4) is 0 Å². The highest BCUT2D eigenvalue weighted by atomic mass is 19.1. The lowest BCUT2D eigenvalue weighted by atomic mass is 9.88. The summed E-state index contributed by atoms with van der Waals surface area (Å²) < 4.78 is 30.3. The van der Waals surface area contributed by atoms with Crippen molar-refractivity contribution < 1.29 is 28.5 Å². The number of aliphatic hydroxyl groups is 1. The standard InChI is InChI=1S/C29H37FO5/c1-20(7-13-26(17-21(2)31)35-19-23-8-11-25(30)12-9-23)22(3)24-10-14-27(28(18-24)33-6)34-16-15-29(4,5)32/h7-14,17-18,20,22,32H,15-16,19H2,1-6H3. The van der Waals surface area contributed by atoms with Gasteiger partial charge in [-0.15, -0.1) is 0 Å². The molecule has 0 heterocycles. The van der Waals surface area contributed by atoms with Crippen LogP contribution in [-0.2, 0) is 16.1 Å². The Morgan fingerprint density at radius 2 is 1.80 bits per heavy atom. The fourth-order valence-corrected chi connectivity index (χ4v) is 3.30. The third kappa shape index (κ3) is 9.95. The molecule has 190 valence electrons. The molecule has 0 radical (unpaired) electrons. The van der Waals surface area contributed by atoms with E-state index in [1.807, 2.05) is 24.3 Å². The smallest absolute Gasteiger partial charge is 0.161 e. The molecule has 5 nitrogen and oxygen atoms in total. The first-order valence-electron chi connectivity index (χ1n) is 11.8. The van der Waals surface area contributed by atoms with Crippen LogP contribution >= 0.6 is 0 Å². The number of hydrogen-bond acceptors (Lipinski definition) is 5. The monoisotopic (exact) mass is 484 g/mol. The molecule has 2 unspecified atom stereocenters. The average molecular weight is 485 g/mol. The Hall–Kier alpha value is -3.12. The van der Waals surface area contributed by atoms with Crippen LogP contribution in [0.2, 0.25) is 0 Å². The van der Waals surface area contributed by atoms with Gasteiger partial charge in [0, 0.05) is 12.5 Å². The maximum atomic E-state index is 13.1. The van der Waals surface area contributed by atoms with Gasteiger partial charge in [-0.2, -0.15) is 0 Å². The molecule has 0 fully saturated rings. The Morgan fingerprint density at radius 3 is 2.40 bits per heavy atom. The van der Waals surface area contributed by atoms with Crippen molar-refractivity contribution in [2.24, 2.45) is 5.92 Å². The summed E-state index contributed by atoms with van der Waals surface area (Å²) in [6.45, 7) is 9.80. The molecule has 0 aliphatic carbocycles. The quantitative estimate of drug-likeness (QED) is 0.204. The molecule has 1 N–H and O–H groups in total. The Kier molecular flexibility index (Phi) is 10.5. The van der Waals surface area contributed by atoms with Crippen LogP contribution in [0.15, 0.2) is 66.5 Å². The topological polar surface area (TPSA) is 65.0 Å². The van der Waals surface area contributed by atoms with Crippen molar-refractivity contribution in [2.45, 2.75) is 59.2 Å². The van der Waals surface area contributed by atoms with Gasteiger partial charge >= 0.3 is 0 Å². The van der Waals surface area contributed by atoms with Crippen LogP contribution in [0.25, 0.3) is 0 Å². The van der Waals surface area contributed by atoms with Crippen LogP contribution in [0, 0.1) is 11.7 Å². The highest BCUT2D eigenvalue weighted by molar-refractivity contribution is 5.88. The van der Waals surface area contributed by atoms with Crippen molar-refractivity contribution in [3.8, 4) is 11.5 Å². The SMILES string of the molecule is COc1cc(C(C)C(C)C=CC(=CC(C)=O)OCc2ccc(F)cc2)ccc1OCCC(C)(C)O. The zero-order valence-corrected chi connectivity index (χ0v) is 21.5. The molecule has 0 saturated heterocycles. The molecule has 2 aromatic carbocycles. The van der Waals surface area contributed by atoms with E-state index in [4.69, 9.17) is 14.2 Å². The predicted octanol–water partition coefficient (Wildman–Crippen LogP) is 6.36. The number of rotatable bonds is 13. The highest BCUT2D eigenvalue weighted by Gasteiger charge is 2.17. The lowest BCUT2D eigenvalue weighted by molar-refractivity contribution is -0.112. The lowest BCUT2D eigenvalue weighted by Gasteiger charge is -2.21. The molecule has 0 aliphatic heterocycles. The summed E-state index contributed by atoms with van der Waals surface area (Å²) in [5.74, 6) is 1.59. The van der Waals surface area contributed by atoms with Gasteiger partial charge in [0.05, 0.1) is 19.3 Å². The Morgan fingerprint density at radius 1 is 1.11 bits per heavy atom. The molecule has 0 spiro atoms. The van der Waals surface area contributed by atoms with Crippen molar-refractivity contribution in [3.63, 3.8) is 0 Å². The fourth-order valence-electron chi connectivity index (χ4n) is 3.30. The van der Waals surface area contributed by atoms with Gasteiger partial charge in [-0.1, -0.05) is 38.1 Å². The second-order valence-electron chi connectivity index (χ2n) is 9.40. The molecule has 0 bridgehead atoms. The molecule has 0 amide bonds. The molecule has 2 rings (SSSR count). The summed E-state index contributed by atoms with van der Waals surface area (Å²) in [6.07, 6.45) is 5.76. The van der Waals surface area contributed by atoms with Gasteiger partial charge in [0.2, 0.25) is 0 Å². The summed E-state index contributed by atoms with van der Waals surface area (Å²) in [5.41, 5.74) is 1.10.